The first-order valence-corrected chi connectivity index (χ1v) is 25.1. The van der Waals surface area contributed by atoms with Gasteiger partial charge in [-0.3, -0.25) is 9.13 Å². The molecule has 0 N–H and O–H groups in total. The summed E-state index contributed by atoms with van der Waals surface area (Å²) >= 11 is 0. The first kappa shape index (κ1) is 45.9. The number of nitrogens with zero attached hydrogens (tertiary/aromatic N) is 5. The number of para-hydroxylation sites is 2. The van der Waals surface area contributed by atoms with Crippen molar-refractivity contribution in [2.24, 2.45) is 0 Å². The number of aromatic nitrogens is 4. The van der Waals surface area contributed by atoms with Crippen molar-refractivity contribution < 1.29 is 9.15 Å². The van der Waals surface area contributed by atoms with Crippen molar-refractivity contribution in [2.75, 3.05) is 0 Å². The highest BCUT2D eigenvalue weighted by atomic mass is 16.5. The van der Waals surface area contributed by atoms with Crippen LogP contribution in [0.2, 0.25) is 0 Å². The highest BCUT2D eigenvalue weighted by molar-refractivity contribution is 5.96. The molecule has 0 bridgehead atoms. The van der Waals surface area contributed by atoms with Gasteiger partial charge in [0.05, 0.1) is 51.8 Å². The number of imidazole rings is 2. The first-order valence-electron chi connectivity index (χ1n) is 25.1. The normalized spacial score (nSPS) is 11.8. The Bertz CT molecular complexity index is 3810. The van der Waals surface area contributed by atoms with Crippen LogP contribution in [0.1, 0.15) is 101 Å². The predicted octanol–water partition coefficient (Wildman–Crippen LogP) is 18.6. The van der Waals surface area contributed by atoms with E-state index in [0.717, 1.165) is 50.1 Å². The molecule has 0 aliphatic heterocycles. The van der Waals surface area contributed by atoms with E-state index in [9.17, 15) is 0 Å². The van der Waals surface area contributed by atoms with Gasteiger partial charge in [-0.05, 0) is 147 Å². The molecule has 7 nitrogen and oxygen atoms in total. The van der Waals surface area contributed by atoms with Gasteiger partial charge in [0, 0.05) is 10.9 Å². The molecule has 0 atom stereocenters. The number of hydrogen-bond acceptors (Lipinski definition) is 4. The van der Waals surface area contributed by atoms with E-state index >= 15 is 0 Å². The molecule has 8 aromatic carbocycles. The third-order valence-electron chi connectivity index (χ3n) is 13.9. The lowest BCUT2D eigenvalue weighted by Gasteiger charge is -2.24. The number of benzene rings is 8. The van der Waals surface area contributed by atoms with Crippen molar-refractivity contribution in [3.63, 3.8) is 0 Å². The summed E-state index contributed by atoms with van der Waals surface area (Å²) in [5.74, 6) is 3.66. The van der Waals surface area contributed by atoms with Crippen molar-refractivity contribution in [2.45, 2.75) is 79.1 Å². The SMILES string of the molecule is [C-]#[N+]c1ccc2nc(-c3cc(Oc4cccc(-c5nc6ccccc6n5-c5c(C(C)C)cc(-c6ccccc6)cc5C(C)C)c4)cc4ccoc34)n(-c3c(C(C)C)cc(-c4ccccc4)cc3C(C)C)c2c1. The summed E-state index contributed by atoms with van der Waals surface area (Å²) in [7, 11) is 0. The zero-order valence-corrected chi connectivity index (χ0v) is 42.1. The Morgan fingerprint density at radius 3 is 1.57 bits per heavy atom. The summed E-state index contributed by atoms with van der Waals surface area (Å²) in [4.78, 5) is 14.7. The van der Waals surface area contributed by atoms with Crippen LogP contribution < -0.4 is 4.74 Å². The molecule has 3 heterocycles. The van der Waals surface area contributed by atoms with Crippen LogP contribution in [0, 0.1) is 6.57 Å². The van der Waals surface area contributed by atoms with Crippen molar-refractivity contribution >= 4 is 38.7 Å². The average molecular weight is 940 g/mol. The van der Waals surface area contributed by atoms with Crippen LogP contribution in [-0.2, 0) is 0 Å². The minimum atomic E-state index is 0.164. The maximum atomic E-state index is 8.03. The van der Waals surface area contributed by atoms with Gasteiger partial charge in [0.1, 0.15) is 28.7 Å². The highest BCUT2D eigenvalue weighted by Gasteiger charge is 2.27. The number of fused-ring (bicyclic) bond motifs is 3. The molecule has 0 saturated heterocycles. The summed E-state index contributed by atoms with van der Waals surface area (Å²) in [6.45, 7) is 26.1. The topological polar surface area (TPSA) is 62.4 Å². The molecule has 11 aromatic rings. The summed E-state index contributed by atoms with van der Waals surface area (Å²) < 4.78 is 18.0. The molecule has 0 fully saturated rings. The maximum absolute atomic E-state index is 8.03. The fourth-order valence-corrected chi connectivity index (χ4v) is 10.3. The van der Waals surface area contributed by atoms with Crippen molar-refractivity contribution in [3.8, 4) is 67.9 Å². The number of hydrogen-bond donors (Lipinski definition) is 0. The molecular weight excluding hydrogens is 883 g/mol. The van der Waals surface area contributed by atoms with Crippen molar-refractivity contribution in [3.05, 3.63) is 210 Å². The van der Waals surface area contributed by atoms with Crippen LogP contribution in [0.25, 0.3) is 94.3 Å². The largest absolute Gasteiger partial charge is 0.464 e. The molecule has 0 aliphatic carbocycles. The van der Waals surface area contributed by atoms with E-state index in [-0.39, 0.29) is 23.7 Å². The monoisotopic (exact) mass is 939 g/mol. The van der Waals surface area contributed by atoms with Crippen LogP contribution in [0.15, 0.2) is 181 Å². The van der Waals surface area contributed by atoms with Crippen LogP contribution in [0.3, 0.4) is 0 Å². The molecule has 7 heteroatoms. The maximum Gasteiger partial charge on any atom is 0.189 e. The van der Waals surface area contributed by atoms with Gasteiger partial charge in [0.15, 0.2) is 5.69 Å². The second kappa shape index (κ2) is 18.7. The first-order chi connectivity index (χ1) is 34.9. The third-order valence-corrected chi connectivity index (χ3v) is 13.9. The van der Waals surface area contributed by atoms with Gasteiger partial charge in [0.25, 0.3) is 0 Å². The zero-order chi connectivity index (χ0) is 49.8. The average Bonchev–Trinajstić information content (AvgIpc) is 4.14. The third kappa shape index (κ3) is 8.23. The van der Waals surface area contributed by atoms with Crippen molar-refractivity contribution in [1.82, 2.24) is 19.1 Å². The Balaban J connectivity index is 1.07. The lowest BCUT2D eigenvalue weighted by atomic mass is 9.88. The van der Waals surface area contributed by atoms with Gasteiger partial charge >= 0.3 is 0 Å². The molecule has 0 radical (unpaired) electrons. The second-order valence-electron chi connectivity index (χ2n) is 20.1. The quantitative estimate of drug-likeness (QED) is 0.115. The Morgan fingerprint density at radius 2 is 0.986 bits per heavy atom. The smallest absolute Gasteiger partial charge is 0.189 e. The standard InChI is InChI=1S/C65H57N5O2/c1-39(2)52-33-47(43-19-12-10-13-20-43)34-53(40(3)4)61(52)69-59-26-17-16-25-57(59)67-64(69)46-23-18-24-50(32-46)72-51-31-45-29-30-71-63(45)56(38-51)65-68-58-28-27-49(66-9)37-60(58)70(65)62-54(41(5)6)35-48(36-55(62)42(7)8)44-21-14-11-15-22-44/h10-42H,1-8H3. The van der Waals surface area contributed by atoms with Crippen LogP contribution in [-0.4, -0.2) is 19.1 Å². The van der Waals surface area contributed by atoms with E-state index in [1.165, 1.54) is 50.2 Å². The van der Waals surface area contributed by atoms with E-state index in [0.29, 0.717) is 28.6 Å². The van der Waals surface area contributed by atoms with Crippen LogP contribution >= 0.6 is 0 Å². The lowest BCUT2D eigenvalue weighted by molar-refractivity contribution is 0.483. The number of furan rings is 1. The molecule has 0 amide bonds. The predicted molar refractivity (Wildman–Crippen MR) is 296 cm³/mol. The summed E-state index contributed by atoms with van der Waals surface area (Å²) in [5, 5.41) is 0.884. The van der Waals surface area contributed by atoms with E-state index in [2.05, 4.69) is 191 Å². The number of rotatable bonds is 12. The molecule has 3 aromatic heterocycles. The van der Waals surface area contributed by atoms with Gasteiger partial charge in [-0.25, -0.2) is 14.8 Å². The van der Waals surface area contributed by atoms with Gasteiger partial charge in [-0.2, -0.15) is 0 Å². The minimum Gasteiger partial charge on any atom is -0.464 e. The minimum absolute atomic E-state index is 0.164. The van der Waals surface area contributed by atoms with E-state index < -0.39 is 0 Å². The molecule has 0 aliphatic rings. The van der Waals surface area contributed by atoms with Gasteiger partial charge in [-0.15, -0.1) is 0 Å². The fourth-order valence-electron chi connectivity index (χ4n) is 10.3. The molecule has 11 rings (SSSR count). The molecular formula is C65H57N5O2. The summed E-state index contributed by atoms with van der Waals surface area (Å²) in [6.07, 6.45) is 1.73. The Morgan fingerprint density at radius 1 is 0.458 bits per heavy atom. The Labute approximate surface area is 421 Å². The molecule has 0 spiro atoms. The van der Waals surface area contributed by atoms with Crippen LogP contribution in [0.4, 0.5) is 5.69 Å². The van der Waals surface area contributed by atoms with Gasteiger partial charge < -0.3 is 9.15 Å². The van der Waals surface area contributed by atoms with Crippen LogP contribution in [0.5, 0.6) is 11.5 Å². The molecule has 0 unspecified atom stereocenters. The Hall–Kier alpha value is -8.47. The molecule has 0 saturated carbocycles. The van der Waals surface area contributed by atoms with E-state index in [1.807, 2.05) is 48.5 Å². The fraction of sp³-hybridized carbons (Fsp3) is 0.185. The number of ether oxygens (including phenoxy) is 1. The van der Waals surface area contributed by atoms with E-state index in [1.54, 1.807) is 6.26 Å². The van der Waals surface area contributed by atoms with Gasteiger partial charge in [-0.1, -0.05) is 146 Å². The van der Waals surface area contributed by atoms with Gasteiger partial charge in [0.2, 0.25) is 0 Å². The second-order valence-corrected chi connectivity index (χ2v) is 20.1. The molecule has 354 valence electrons. The molecule has 72 heavy (non-hydrogen) atoms. The Kier molecular flexibility index (Phi) is 11.9. The summed E-state index contributed by atoms with van der Waals surface area (Å²) in [5.41, 5.74) is 18.5. The van der Waals surface area contributed by atoms with Crippen molar-refractivity contribution in [1.29, 1.82) is 0 Å². The van der Waals surface area contributed by atoms with E-state index in [4.69, 9.17) is 25.7 Å². The highest BCUT2D eigenvalue weighted by Crippen LogP contribution is 2.45. The zero-order valence-electron chi connectivity index (χ0n) is 42.1. The summed E-state index contributed by atoms with van der Waals surface area (Å²) in [6, 6.07) is 59.2. The lowest BCUT2D eigenvalue weighted by Crippen LogP contribution is -2.09.